The smallest absolute Gasteiger partial charge is 0.329 e. The molecule has 9 N–H and O–H groups in total. The van der Waals surface area contributed by atoms with Crippen LogP contribution in [0.1, 0.15) is 119 Å². The van der Waals surface area contributed by atoms with Crippen molar-refractivity contribution in [2.45, 2.75) is 175 Å². The molecule has 3 unspecified atom stereocenters. The number of ether oxygens (including phenoxy) is 1. The molecule has 67 heavy (non-hydrogen) atoms. The quantitative estimate of drug-likeness (QED) is 0.107. The van der Waals surface area contributed by atoms with Crippen molar-refractivity contribution in [1.82, 2.24) is 36.4 Å². The summed E-state index contributed by atoms with van der Waals surface area (Å²) in [7, 11) is 1.38. The molecule has 2 fully saturated rings. The summed E-state index contributed by atoms with van der Waals surface area (Å²) in [5.41, 5.74) is 5.93. The van der Waals surface area contributed by atoms with Crippen LogP contribution in [-0.2, 0) is 54.3 Å². The number of nitrogens with one attached hydrogen (secondary N) is 5. The van der Waals surface area contributed by atoms with Crippen molar-refractivity contribution in [2.24, 2.45) is 29.4 Å². The van der Waals surface area contributed by atoms with Crippen molar-refractivity contribution in [2.75, 3.05) is 7.05 Å². The molecule has 1 aromatic rings. The Hall–Kier alpha value is -5.79. The van der Waals surface area contributed by atoms with Crippen LogP contribution in [0, 0.1) is 23.7 Å². The average molecular weight is 943 g/mol. The molecule has 20 nitrogen and oxygen atoms in total. The van der Waals surface area contributed by atoms with E-state index in [1.807, 2.05) is 0 Å². The van der Waals surface area contributed by atoms with Gasteiger partial charge in [0.1, 0.15) is 60.4 Å². The zero-order valence-corrected chi connectivity index (χ0v) is 40.6. The molecule has 12 atom stereocenters. The SMILES string of the molecule is CCC(C)C(=O)N[C@@H](CCC(N)=O)C(=O)N[C@@H]1C(=O)N[C@@H](CC(C)C)C(=O)NC2CCC(O)N(C2=O)[C@@H]([C@@H](C)CC)C(=O)N(C)[C@@H](Cc2ccc(O)cc2)C(=O)N[C@@H]([C@@H](C)CC)C(=O)O[C@@H]1C. The molecule has 374 valence electrons. The van der Waals surface area contributed by atoms with Gasteiger partial charge < -0.3 is 57.1 Å². The van der Waals surface area contributed by atoms with E-state index in [0.29, 0.717) is 24.8 Å². The average Bonchev–Trinajstić information content (AvgIpc) is 3.28. The number of nitrogens with two attached hydrogens (primary N) is 1. The highest BCUT2D eigenvalue weighted by Crippen LogP contribution is 2.28. The third-order valence-corrected chi connectivity index (χ3v) is 13.0. The van der Waals surface area contributed by atoms with E-state index in [4.69, 9.17) is 10.5 Å². The Morgan fingerprint density at radius 1 is 0.836 bits per heavy atom. The van der Waals surface area contributed by atoms with Gasteiger partial charge in [-0.05, 0) is 74.5 Å². The highest BCUT2D eigenvalue weighted by atomic mass is 16.5. The van der Waals surface area contributed by atoms with Gasteiger partial charge in [-0.3, -0.25) is 38.4 Å². The van der Waals surface area contributed by atoms with Gasteiger partial charge in [0.25, 0.3) is 0 Å². The lowest BCUT2D eigenvalue weighted by molar-refractivity contribution is -0.168. The standard InChI is InChI=1S/C47H74N8O12/c1-11-25(6)37-47(66)67-28(9)38(53-41(60)31(18-20-35(48)57)49-40(59)27(8)13-3)44(63)51-33(22-24(4)5)42(61)50-32-19-21-36(58)55(45(32)64)39(26(7)12-2)46(65)54(10)34(43(62)52-37)23-29-14-16-30(56)17-15-29/h14-17,24-28,31-34,36-39,56,58H,11-13,18-23H2,1-10H3,(H2,48,57)(H,49,59)(H,50,61)(H,51,63)(H,52,62)(H,53,60)/t25-,26-,27?,28+,31-,32?,33-,34-,36?,37-,38-,39-/m0/s1. The predicted molar refractivity (Wildman–Crippen MR) is 246 cm³/mol. The van der Waals surface area contributed by atoms with E-state index in [2.05, 4.69) is 26.6 Å². The number of amides is 8. The van der Waals surface area contributed by atoms with E-state index in [-0.39, 0.29) is 50.2 Å². The summed E-state index contributed by atoms with van der Waals surface area (Å²) in [5.74, 6) is -9.17. The number of primary amides is 1. The maximum atomic E-state index is 14.9. The number of aromatic hydroxyl groups is 1. The summed E-state index contributed by atoms with van der Waals surface area (Å²) >= 11 is 0. The third-order valence-electron chi connectivity index (χ3n) is 13.0. The summed E-state index contributed by atoms with van der Waals surface area (Å²) in [6, 6.07) is -3.78. The molecular weight excluding hydrogens is 869 g/mol. The molecule has 0 spiro atoms. The minimum absolute atomic E-state index is 0.0224. The van der Waals surface area contributed by atoms with Crippen LogP contribution in [0.15, 0.2) is 24.3 Å². The predicted octanol–water partition coefficient (Wildman–Crippen LogP) is 0.890. The molecule has 3 rings (SSSR count). The summed E-state index contributed by atoms with van der Waals surface area (Å²) in [4.78, 5) is 128. The molecule has 0 aliphatic carbocycles. The van der Waals surface area contributed by atoms with Crippen LogP contribution in [0.3, 0.4) is 0 Å². The fourth-order valence-electron chi connectivity index (χ4n) is 8.03. The molecule has 0 aromatic heterocycles. The number of carbonyl (C=O) groups is 9. The van der Waals surface area contributed by atoms with E-state index in [9.17, 15) is 53.4 Å². The number of aliphatic hydroxyl groups excluding tert-OH is 1. The van der Waals surface area contributed by atoms with E-state index >= 15 is 0 Å². The lowest BCUT2D eigenvalue weighted by Crippen LogP contribution is -2.66. The topological polar surface area (TPSA) is 296 Å². The molecule has 0 saturated carbocycles. The van der Waals surface area contributed by atoms with Crippen LogP contribution in [0.2, 0.25) is 0 Å². The monoisotopic (exact) mass is 943 g/mol. The van der Waals surface area contributed by atoms with Crippen LogP contribution < -0.4 is 32.3 Å². The minimum atomic E-state index is -1.74. The molecule has 0 radical (unpaired) electrons. The zero-order chi connectivity index (χ0) is 50.4. The Morgan fingerprint density at radius 3 is 2.03 bits per heavy atom. The van der Waals surface area contributed by atoms with Crippen LogP contribution in [0.4, 0.5) is 0 Å². The second-order valence-electron chi connectivity index (χ2n) is 18.6. The number of fused-ring (bicyclic) bond motifs is 2. The number of hydrogen-bond donors (Lipinski definition) is 8. The second kappa shape index (κ2) is 25.4. The van der Waals surface area contributed by atoms with Gasteiger partial charge in [0.15, 0.2) is 0 Å². The Labute approximate surface area is 393 Å². The number of phenolic OH excluding ortho intramolecular Hbond substituents is 1. The Bertz CT molecular complexity index is 1930. The van der Waals surface area contributed by atoms with Gasteiger partial charge >= 0.3 is 5.97 Å². The largest absolute Gasteiger partial charge is 0.508 e. The number of phenols is 1. The molecule has 8 amide bonds. The molecule has 1 aromatic carbocycles. The summed E-state index contributed by atoms with van der Waals surface area (Å²) in [6.07, 6.45) is -2.52. The van der Waals surface area contributed by atoms with E-state index < -0.39 is 126 Å². The highest BCUT2D eigenvalue weighted by molar-refractivity contribution is 5.98. The van der Waals surface area contributed by atoms with Crippen LogP contribution in [0.5, 0.6) is 5.75 Å². The van der Waals surface area contributed by atoms with E-state index in [0.717, 1.165) is 4.90 Å². The number of carbonyl (C=O) groups excluding carboxylic acids is 9. The summed E-state index contributed by atoms with van der Waals surface area (Å²) < 4.78 is 5.92. The Balaban J connectivity index is 2.27. The van der Waals surface area contributed by atoms with E-state index in [1.54, 1.807) is 67.5 Å². The number of esters is 1. The van der Waals surface area contributed by atoms with Gasteiger partial charge in [0.2, 0.25) is 47.3 Å². The molecule has 2 aliphatic rings. The summed E-state index contributed by atoms with van der Waals surface area (Å²) in [6.45, 7) is 15.3. The van der Waals surface area contributed by atoms with Gasteiger partial charge in [-0.1, -0.05) is 80.4 Å². The number of cyclic esters (lactones) is 1. The van der Waals surface area contributed by atoms with Gasteiger partial charge in [0, 0.05) is 25.8 Å². The van der Waals surface area contributed by atoms with Gasteiger partial charge in [-0.25, -0.2) is 4.79 Å². The molecule has 20 heteroatoms. The van der Waals surface area contributed by atoms with Crippen molar-refractivity contribution in [3.63, 3.8) is 0 Å². The molecule has 2 aliphatic heterocycles. The van der Waals surface area contributed by atoms with Crippen LogP contribution >= 0.6 is 0 Å². The van der Waals surface area contributed by atoms with Crippen molar-refractivity contribution in [3.8, 4) is 5.75 Å². The van der Waals surface area contributed by atoms with Crippen molar-refractivity contribution in [1.29, 1.82) is 0 Å². The lowest BCUT2D eigenvalue weighted by Gasteiger charge is -2.44. The normalized spacial score (nSPS) is 26.6. The molecule has 2 bridgehead atoms. The fourth-order valence-corrected chi connectivity index (χ4v) is 8.03. The molecule has 2 heterocycles. The number of hydrogen-bond acceptors (Lipinski definition) is 12. The highest BCUT2D eigenvalue weighted by Gasteiger charge is 2.47. The Morgan fingerprint density at radius 2 is 1.46 bits per heavy atom. The molecular formula is C47H74N8O12. The summed E-state index contributed by atoms with van der Waals surface area (Å²) in [5, 5.41) is 34.8. The number of likely N-dealkylation sites (N-methyl/N-ethyl adjacent to an activating group) is 1. The number of piperidine rings is 1. The lowest BCUT2D eigenvalue weighted by atomic mass is 9.91. The first-order valence-corrected chi connectivity index (χ1v) is 23.5. The molecule has 2 saturated heterocycles. The van der Waals surface area contributed by atoms with Gasteiger partial charge in [-0.15, -0.1) is 0 Å². The first-order chi connectivity index (χ1) is 31.4. The zero-order valence-electron chi connectivity index (χ0n) is 40.6. The fraction of sp³-hybridized carbons (Fsp3) is 0.681. The van der Waals surface area contributed by atoms with Crippen molar-refractivity contribution in [3.05, 3.63) is 29.8 Å². The van der Waals surface area contributed by atoms with Crippen molar-refractivity contribution >= 4 is 53.2 Å². The third kappa shape index (κ3) is 15.1. The van der Waals surface area contributed by atoms with Crippen LogP contribution in [0.25, 0.3) is 0 Å². The number of aliphatic hydroxyl groups is 1. The van der Waals surface area contributed by atoms with Crippen molar-refractivity contribution < 1.29 is 58.1 Å². The maximum absolute atomic E-state index is 14.9. The van der Waals surface area contributed by atoms with Crippen LogP contribution in [-0.4, -0.2) is 135 Å². The number of rotatable bonds is 16. The van der Waals surface area contributed by atoms with E-state index in [1.165, 1.54) is 31.0 Å². The number of nitrogens with zero attached hydrogens (tertiary/aromatic N) is 2. The first kappa shape index (κ1) is 55.5. The van der Waals surface area contributed by atoms with Gasteiger partial charge in [0.05, 0.1) is 0 Å². The van der Waals surface area contributed by atoms with Gasteiger partial charge in [-0.2, -0.15) is 0 Å². The first-order valence-electron chi connectivity index (χ1n) is 23.5. The maximum Gasteiger partial charge on any atom is 0.329 e. The number of benzene rings is 1. The minimum Gasteiger partial charge on any atom is -0.508 e. The Kier molecular flexibility index (Phi) is 21.0. The second-order valence-corrected chi connectivity index (χ2v) is 18.6.